The van der Waals surface area contributed by atoms with E-state index in [1.165, 1.54) is 0 Å². The number of hydrogen-bond acceptors (Lipinski definition) is 2. The summed E-state index contributed by atoms with van der Waals surface area (Å²) >= 11 is 0. The summed E-state index contributed by atoms with van der Waals surface area (Å²) in [6.45, 7) is 1.66. The summed E-state index contributed by atoms with van der Waals surface area (Å²) in [6, 6.07) is 0.743. The molecule has 2 N–H and O–H groups in total. The van der Waals surface area contributed by atoms with Crippen molar-refractivity contribution in [2.75, 3.05) is 13.1 Å². The Kier molecular flexibility index (Phi) is 3.98. The molecule has 0 aromatic heterocycles. The van der Waals surface area contributed by atoms with Gasteiger partial charge in [0.25, 0.3) is 0 Å². The highest BCUT2D eigenvalue weighted by atomic mass is 19.4. The van der Waals surface area contributed by atoms with Crippen molar-refractivity contribution >= 4 is 0 Å². The molecule has 0 aromatic rings. The van der Waals surface area contributed by atoms with Crippen LogP contribution < -0.4 is 5.73 Å². The Labute approximate surface area is 100 Å². The Morgan fingerprint density at radius 3 is 2.24 bits per heavy atom. The third kappa shape index (κ3) is 2.94. The lowest BCUT2D eigenvalue weighted by atomic mass is 9.84. The summed E-state index contributed by atoms with van der Waals surface area (Å²) in [4.78, 5) is 2.35. The van der Waals surface area contributed by atoms with Crippen molar-refractivity contribution in [2.24, 2.45) is 11.7 Å². The first kappa shape index (κ1) is 13.1. The predicted octanol–water partition coefficient (Wildman–Crippen LogP) is 2.53. The van der Waals surface area contributed by atoms with E-state index in [0.717, 1.165) is 19.4 Å². The van der Waals surface area contributed by atoms with Crippen LogP contribution in [-0.2, 0) is 0 Å². The highest BCUT2D eigenvalue weighted by Crippen LogP contribution is 2.39. The molecule has 2 fully saturated rings. The molecule has 2 nitrogen and oxygen atoms in total. The third-order valence-electron chi connectivity index (χ3n) is 4.32. The molecule has 1 saturated heterocycles. The summed E-state index contributed by atoms with van der Waals surface area (Å²) in [6.07, 6.45) is 0.200. The van der Waals surface area contributed by atoms with E-state index in [-0.39, 0.29) is 0 Å². The van der Waals surface area contributed by atoms with Crippen molar-refractivity contribution in [2.45, 2.75) is 56.8 Å². The lowest BCUT2D eigenvalue weighted by Crippen LogP contribution is -2.45. The maximum atomic E-state index is 12.6. The lowest BCUT2D eigenvalue weighted by molar-refractivity contribution is -0.184. The molecule has 1 aliphatic heterocycles. The van der Waals surface area contributed by atoms with Crippen molar-refractivity contribution in [1.29, 1.82) is 0 Å². The number of hydrogen-bond donors (Lipinski definition) is 1. The van der Waals surface area contributed by atoms with Gasteiger partial charge in [-0.1, -0.05) is 0 Å². The average molecular weight is 250 g/mol. The van der Waals surface area contributed by atoms with Crippen LogP contribution in [0.2, 0.25) is 0 Å². The topological polar surface area (TPSA) is 29.3 Å². The molecule has 5 heteroatoms. The van der Waals surface area contributed by atoms with Gasteiger partial charge in [0.2, 0.25) is 0 Å². The van der Waals surface area contributed by atoms with Gasteiger partial charge in [-0.15, -0.1) is 0 Å². The Balaban J connectivity index is 1.86. The monoisotopic (exact) mass is 250 g/mol. The highest BCUT2D eigenvalue weighted by molar-refractivity contribution is 4.89. The molecule has 2 aliphatic rings. The van der Waals surface area contributed by atoms with Crippen molar-refractivity contribution in [3.05, 3.63) is 0 Å². The molecule has 0 spiro atoms. The number of halogens is 3. The number of nitrogens with two attached hydrogens (primary N) is 1. The minimum Gasteiger partial charge on any atom is -0.329 e. The number of nitrogens with zero attached hydrogens (tertiary/aromatic N) is 1. The van der Waals surface area contributed by atoms with E-state index < -0.39 is 12.1 Å². The number of alkyl halides is 3. The lowest BCUT2D eigenvalue weighted by Gasteiger charge is -2.38. The first-order valence-corrected chi connectivity index (χ1v) is 6.55. The SMILES string of the molecule is NCC1CCCN1C1CCC(C(F)(F)F)CC1. The van der Waals surface area contributed by atoms with Crippen LogP contribution in [-0.4, -0.2) is 36.2 Å². The van der Waals surface area contributed by atoms with Crippen LogP contribution in [0.15, 0.2) is 0 Å². The van der Waals surface area contributed by atoms with Gasteiger partial charge in [-0.2, -0.15) is 13.2 Å². The smallest absolute Gasteiger partial charge is 0.329 e. The second kappa shape index (κ2) is 5.14. The Morgan fingerprint density at radius 2 is 1.71 bits per heavy atom. The molecule has 0 amide bonds. The van der Waals surface area contributed by atoms with E-state index >= 15 is 0 Å². The molecule has 100 valence electrons. The zero-order valence-corrected chi connectivity index (χ0v) is 10.0. The van der Waals surface area contributed by atoms with Gasteiger partial charge < -0.3 is 5.73 Å². The Morgan fingerprint density at radius 1 is 1.06 bits per heavy atom. The molecule has 1 saturated carbocycles. The van der Waals surface area contributed by atoms with Crippen molar-refractivity contribution < 1.29 is 13.2 Å². The zero-order chi connectivity index (χ0) is 12.5. The van der Waals surface area contributed by atoms with E-state index in [1.807, 2.05) is 0 Å². The summed E-state index contributed by atoms with van der Waals surface area (Å²) in [5.74, 6) is -1.07. The normalized spacial score (nSPS) is 36.4. The quantitative estimate of drug-likeness (QED) is 0.816. The fourth-order valence-electron chi connectivity index (χ4n) is 3.33. The first-order chi connectivity index (χ1) is 8.02. The minimum atomic E-state index is -4.00. The molecule has 1 aliphatic carbocycles. The molecule has 1 heterocycles. The molecule has 17 heavy (non-hydrogen) atoms. The fourth-order valence-corrected chi connectivity index (χ4v) is 3.33. The number of rotatable bonds is 2. The summed E-state index contributed by atoms with van der Waals surface area (Å²) in [5, 5.41) is 0. The molecule has 1 unspecified atom stereocenters. The molecular formula is C12H21F3N2. The summed E-state index contributed by atoms with van der Waals surface area (Å²) in [5.41, 5.74) is 5.71. The van der Waals surface area contributed by atoms with E-state index in [9.17, 15) is 13.2 Å². The van der Waals surface area contributed by atoms with Gasteiger partial charge >= 0.3 is 6.18 Å². The van der Waals surface area contributed by atoms with Crippen LogP contribution in [0.25, 0.3) is 0 Å². The second-order valence-electron chi connectivity index (χ2n) is 5.32. The van der Waals surface area contributed by atoms with Crippen LogP contribution in [0.5, 0.6) is 0 Å². The third-order valence-corrected chi connectivity index (χ3v) is 4.32. The van der Waals surface area contributed by atoms with E-state index in [1.54, 1.807) is 0 Å². The van der Waals surface area contributed by atoms with Crippen LogP contribution in [0.1, 0.15) is 38.5 Å². The van der Waals surface area contributed by atoms with Gasteiger partial charge in [-0.3, -0.25) is 4.90 Å². The standard InChI is InChI=1S/C12H21F3N2/c13-12(14,15)9-3-5-10(6-4-9)17-7-1-2-11(17)8-16/h9-11H,1-8,16H2. The second-order valence-corrected chi connectivity index (χ2v) is 5.32. The molecule has 1 atom stereocenters. The maximum Gasteiger partial charge on any atom is 0.391 e. The first-order valence-electron chi connectivity index (χ1n) is 6.55. The van der Waals surface area contributed by atoms with Gasteiger partial charge in [-0.25, -0.2) is 0 Å². The Bertz CT molecular complexity index is 247. The van der Waals surface area contributed by atoms with Crippen LogP contribution in [0.3, 0.4) is 0 Å². The van der Waals surface area contributed by atoms with Gasteiger partial charge in [0.1, 0.15) is 0 Å². The van der Waals surface area contributed by atoms with Gasteiger partial charge in [0.05, 0.1) is 5.92 Å². The molecule has 2 rings (SSSR count). The Hall–Kier alpha value is -0.290. The van der Waals surface area contributed by atoms with E-state index in [0.29, 0.717) is 44.3 Å². The minimum absolute atomic E-state index is 0.294. The fraction of sp³-hybridized carbons (Fsp3) is 1.00. The van der Waals surface area contributed by atoms with Crippen LogP contribution in [0, 0.1) is 5.92 Å². The summed E-state index contributed by atoms with van der Waals surface area (Å²) < 4.78 is 37.7. The van der Waals surface area contributed by atoms with Crippen molar-refractivity contribution in [1.82, 2.24) is 4.90 Å². The van der Waals surface area contributed by atoms with Crippen LogP contribution >= 0.6 is 0 Å². The average Bonchev–Trinajstić information content (AvgIpc) is 2.76. The van der Waals surface area contributed by atoms with E-state index in [4.69, 9.17) is 5.73 Å². The predicted molar refractivity (Wildman–Crippen MR) is 60.6 cm³/mol. The summed E-state index contributed by atoms with van der Waals surface area (Å²) in [7, 11) is 0. The van der Waals surface area contributed by atoms with Crippen molar-refractivity contribution in [3.8, 4) is 0 Å². The van der Waals surface area contributed by atoms with Crippen molar-refractivity contribution in [3.63, 3.8) is 0 Å². The largest absolute Gasteiger partial charge is 0.391 e. The van der Waals surface area contributed by atoms with Gasteiger partial charge in [-0.05, 0) is 45.1 Å². The van der Waals surface area contributed by atoms with Gasteiger partial charge in [0, 0.05) is 18.6 Å². The van der Waals surface area contributed by atoms with Crippen LogP contribution in [0.4, 0.5) is 13.2 Å². The highest BCUT2D eigenvalue weighted by Gasteiger charge is 2.43. The maximum absolute atomic E-state index is 12.6. The molecule has 0 radical (unpaired) electrons. The van der Waals surface area contributed by atoms with Gasteiger partial charge in [0.15, 0.2) is 0 Å². The van der Waals surface area contributed by atoms with E-state index in [2.05, 4.69) is 4.90 Å². The molecule has 0 bridgehead atoms. The number of likely N-dealkylation sites (tertiary alicyclic amines) is 1. The molecule has 0 aromatic carbocycles. The zero-order valence-electron chi connectivity index (χ0n) is 10.0. The molecular weight excluding hydrogens is 229 g/mol.